The molecule has 0 saturated carbocycles. The molecule has 1 aromatic heterocycles. The molecule has 0 spiro atoms. The number of hydrogen-bond donors (Lipinski definition) is 0. The number of aromatic nitrogens is 1. The Hall–Kier alpha value is -4.00. The number of hydrogen-bond acceptors (Lipinski definition) is 6. The molecule has 4 aromatic rings. The number of aryl methyl sites for hydroxylation is 3. The average molecular weight is 400 g/mol. The van der Waals surface area contributed by atoms with Crippen LogP contribution < -0.4 is 5.11 Å². The number of oxazole rings is 1. The van der Waals surface area contributed by atoms with Gasteiger partial charge >= 0.3 is 0 Å². The van der Waals surface area contributed by atoms with E-state index in [0.717, 1.165) is 33.4 Å². The van der Waals surface area contributed by atoms with E-state index in [1.54, 1.807) is 0 Å². The molecule has 3 aromatic carbocycles. The first-order valence-electron chi connectivity index (χ1n) is 9.30. The van der Waals surface area contributed by atoms with Crippen molar-refractivity contribution in [1.82, 2.24) is 4.98 Å². The lowest BCUT2D eigenvalue weighted by Crippen LogP contribution is -1.98. The second kappa shape index (κ2) is 7.44. The van der Waals surface area contributed by atoms with Gasteiger partial charge in [0.25, 0.3) is 5.69 Å². The summed E-state index contributed by atoms with van der Waals surface area (Å²) < 4.78 is 5.97. The molecule has 30 heavy (non-hydrogen) atoms. The van der Waals surface area contributed by atoms with E-state index >= 15 is 0 Å². The van der Waals surface area contributed by atoms with Gasteiger partial charge in [0, 0.05) is 23.9 Å². The summed E-state index contributed by atoms with van der Waals surface area (Å²) in [5.41, 5.74) is 5.92. The summed E-state index contributed by atoms with van der Waals surface area (Å²) in [5.74, 6) is 0.151. The molecule has 0 atom stereocenters. The molecule has 0 unspecified atom stereocenters. The third kappa shape index (κ3) is 3.65. The molecule has 0 saturated heterocycles. The first-order valence-corrected chi connectivity index (χ1v) is 9.30. The van der Waals surface area contributed by atoms with Gasteiger partial charge in [-0.05, 0) is 61.2 Å². The fourth-order valence-corrected chi connectivity index (χ4v) is 3.27. The van der Waals surface area contributed by atoms with Gasteiger partial charge in [0.2, 0.25) is 5.89 Å². The first kappa shape index (κ1) is 19.3. The number of non-ortho nitro benzene ring substituents is 1. The van der Waals surface area contributed by atoms with E-state index in [2.05, 4.69) is 9.98 Å². The second-order valence-corrected chi connectivity index (χ2v) is 7.19. The number of nitro groups is 1. The van der Waals surface area contributed by atoms with Gasteiger partial charge in [-0.25, -0.2) is 4.98 Å². The second-order valence-electron chi connectivity index (χ2n) is 7.19. The van der Waals surface area contributed by atoms with Gasteiger partial charge in [-0.3, -0.25) is 15.1 Å². The van der Waals surface area contributed by atoms with Crippen LogP contribution in [0.1, 0.15) is 22.3 Å². The van der Waals surface area contributed by atoms with E-state index in [4.69, 9.17) is 4.42 Å². The molecule has 4 rings (SSSR count). The summed E-state index contributed by atoms with van der Waals surface area (Å²) in [6, 6.07) is 13.2. The number of benzene rings is 3. The molecule has 0 bridgehead atoms. The van der Waals surface area contributed by atoms with Crippen LogP contribution in [-0.4, -0.2) is 16.1 Å². The van der Waals surface area contributed by atoms with Crippen molar-refractivity contribution in [3.05, 3.63) is 80.9 Å². The Morgan fingerprint density at radius 2 is 1.83 bits per heavy atom. The van der Waals surface area contributed by atoms with Crippen LogP contribution in [0.5, 0.6) is 5.75 Å². The highest BCUT2D eigenvalue weighted by atomic mass is 16.6. The van der Waals surface area contributed by atoms with E-state index in [9.17, 15) is 15.2 Å². The van der Waals surface area contributed by atoms with Crippen LogP contribution in [0.4, 0.5) is 11.4 Å². The highest BCUT2D eigenvalue weighted by molar-refractivity contribution is 5.87. The smallest absolute Gasteiger partial charge is 0.270 e. The normalized spacial score (nSPS) is 11.4. The van der Waals surface area contributed by atoms with E-state index in [1.165, 1.54) is 24.4 Å². The maximum Gasteiger partial charge on any atom is 0.270 e. The maximum atomic E-state index is 12.0. The molecule has 0 radical (unpaired) electrons. The van der Waals surface area contributed by atoms with Crippen molar-refractivity contribution >= 4 is 28.7 Å². The fourth-order valence-electron chi connectivity index (χ4n) is 3.27. The van der Waals surface area contributed by atoms with Crippen LogP contribution >= 0.6 is 0 Å². The van der Waals surface area contributed by atoms with Crippen molar-refractivity contribution in [2.24, 2.45) is 4.99 Å². The molecule has 7 nitrogen and oxygen atoms in total. The predicted octanol–water partition coefficient (Wildman–Crippen LogP) is 5.15. The number of fused-ring (bicyclic) bond motifs is 1. The molecule has 7 heteroatoms. The summed E-state index contributed by atoms with van der Waals surface area (Å²) >= 11 is 0. The molecular weight excluding hydrogens is 382 g/mol. The molecule has 0 aliphatic rings. The van der Waals surface area contributed by atoms with Crippen molar-refractivity contribution in [2.45, 2.75) is 20.8 Å². The number of nitro benzene ring substituents is 1. The first-order chi connectivity index (χ1) is 14.3. The van der Waals surface area contributed by atoms with Gasteiger partial charge in [-0.15, -0.1) is 0 Å². The predicted molar refractivity (Wildman–Crippen MR) is 113 cm³/mol. The van der Waals surface area contributed by atoms with Gasteiger partial charge in [0.05, 0.1) is 10.6 Å². The molecule has 0 aliphatic carbocycles. The average Bonchev–Trinajstić information content (AvgIpc) is 3.12. The van der Waals surface area contributed by atoms with Gasteiger partial charge in [-0.1, -0.05) is 23.9 Å². The summed E-state index contributed by atoms with van der Waals surface area (Å²) in [7, 11) is 0. The SMILES string of the molecule is Cc1cc(C)c2oc(-c3ccc(C)c(N=Cc4cc([N+](=O)[O-])ccc4[O-])c3)nc2c1. The zero-order valence-corrected chi connectivity index (χ0v) is 16.7. The molecule has 0 fully saturated rings. The highest BCUT2D eigenvalue weighted by Gasteiger charge is 2.12. The Morgan fingerprint density at radius 3 is 2.60 bits per heavy atom. The van der Waals surface area contributed by atoms with Crippen molar-refractivity contribution < 1.29 is 14.4 Å². The van der Waals surface area contributed by atoms with E-state index in [-0.39, 0.29) is 17.0 Å². The lowest BCUT2D eigenvalue weighted by Gasteiger charge is -2.09. The quantitative estimate of drug-likeness (QED) is 0.267. The molecular formula is C23H18N3O4-. The van der Waals surface area contributed by atoms with Crippen LogP contribution in [0.25, 0.3) is 22.6 Å². The summed E-state index contributed by atoms with van der Waals surface area (Å²) in [6.45, 7) is 5.88. The van der Waals surface area contributed by atoms with E-state index in [0.29, 0.717) is 11.6 Å². The lowest BCUT2D eigenvalue weighted by atomic mass is 10.1. The van der Waals surface area contributed by atoms with Crippen LogP contribution in [0.3, 0.4) is 0 Å². The molecule has 0 aliphatic heterocycles. The van der Waals surface area contributed by atoms with Crippen molar-refractivity contribution in [3.8, 4) is 17.2 Å². The Bertz CT molecular complexity index is 1320. The standard InChI is InChI=1S/C23H19N3O4/c1-13-8-15(3)22-20(9-13)25-23(30-22)16-5-4-14(2)19(11-16)24-12-17-10-18(26(28)29)6-7-21(17)27/h4-12,27H,1-3H3/p-1. The van der Waals surface area contributed by atoms with Crippen LogP contribution in [0.15, 0.2) is 57.9 Å². The summed E-state index contributed by atoms with van der Waals surface area (Å²) in [6.07, 6.45) is 1.35. The number of nitrogens with zero attached hydrogens (tertiary/aromatic N) is 3. The van der Waals surface area contributed by atoms with E-state index < -0.39 is 4.92 Å². The van der Waals surface area contributed by atoms with Crippen molar-refractivity contribution in [3.63, 3.8) is 0 Å². The Balaban J connectivity index is 1.73. The highest BCUT2D eigenvalue weighted by Crippen LogP contribution is 2.31. The zero-order valence-electron chi connectivity index (χ0n) is 16.7. The maximum absolute atomic E-state index is 12.0. The topological polar surface area (TPSA) is 105 Å². The van der Waals surface area contributed by atoms with E-state index in [1.807, 2.05) is 51.1 Å². The lowest BCUT2D eigenvalue weighted by molar-refractivity contribution is -0.385. The van der Waals surface area contributed by atoms with Gasteiger partial charge in [0.1, 0.15) is 5.52 Å². The van der Waals surface area contributed by atoms with Crippen LogP contribution in [0, 0.1) is 30.9 Å². The number of rotatable bonds is 4. The van der Waals surface area contributed by atoms with Crippen molar-refractivity contribution in [2.75, 3.05) is 0 Å². The molecule has 150 valence electrons. The van der Waals surface area contributed by atoms with Gasteiger partial charge < -0.3 is 9.52 Å². The monoisotopic (exact) mass is 400 g/mol. The third-order valence-electron chi connectivity index (χ3n) is 4.82. The minimum atomic E-state index is -0.542. The minimum Gasteiger partial charge on any atom is -0.872 e. The largest absolute Gasteiger partial charge is 0.872 e. The molecule has 1 heterocycles. The van der Waals surface area contributed by atoms with Crippen LogP contribution in [-0.2, 0) is 0 Å². The Morgan fingerprint density at radius 1 is 1.03 bits per heavy atom. The van der Waals surface area contributed by atoms with Crippen molar-refractivity contribution in [1.29, 1.82) is 0 Å². The molecule has 0 amide bonds. The Kier molecular flexibility index (Phi) is 4.79. The minimum absolute atomic E-state index is 0.154. The van der Waals surface area contributed by atoms with Gasteiger partial charge in [-0.2, -0.15) is 0 Å². The third-order valence-corrected chi connectivity index (χ3v) is 4.82. The Labute approximate surface area is 172 Å². The van der Waals surface area contributed by atoms with Gasteiger partial charge in [0.15, 0.2) is 5.58 Å². The summed E-state index contributed by atoms with van der Waals surface area (Å²) in [4.78, 5) is 19.4. The molecule has 0 N–H and O–H groups in total. The van der Waals surface area contributed by atoms with Crippen LogP contribution in [0.2, 0.25) is 0 Å². The fraction of sp³-hybridized carbons (Fsp3) is 0.130. The summed E-state index contributed by atoms with van der Waals surface area (Å²) in [5, 5.41) is 23.0. The zero-order chi connectivity index (χ0) is 21.4. The number of aliphatic imine (C=N–C) groups is 1.